The van der Waals surface area contributed by atoms with Gasteiger partial charge in [-0.2, -0.15) is 0 Å². The van der Waals surface area contributed by atoms with Crippen LogP contribution < -0.4 is 0 Å². The van der Waals surface area contributed by atoms with Crippen LogP contribution in [0.4, 0.5) is 0 Å². The highest BCUT2D eigenvalue weighted by Gasteiger charge is 2.20. The Labute approximate surface area is 103 Å². The highest BCUT2D eigenvalue weighted by atomic mass is 16.6. The first-order valence-electron chi connectivity index (χ1n) is 5.69. The molecule has 0 bridgehead atoms. The highest BCUT2D eigenvalue weighted by Crippen LogP contribution is 2.09. The van der Waals surface area contributed by atoms with Gasteiger partial charge in [-0.25, -0.2) is 4.79 Å². The van der Waals surface area contributed by atoms with E-state index >= 15 is 0 Å². The number of hydrogen-bond donors (Lipinski definition) is 0. The largest absolute Gasteiger partial charge is 0.458 e. The topological polar surface area (TPSA) is 38.7 Å². The molecule has 17 heavy (non-hydrogen) atoms. The summed E-state index contributed by atoms with van der Waals surface area (Å²) in [4.78, 5) is 15.8. The minimum Gasteiger partial charge on any atom is -0.458 e. The van der Waals surface area contributed by atoms with E-state index < -0.39 is 11.6 Å². The molecule has 0 radical (unpaired) electrons. The minimum atomic E-state index is -0.477. The molecule has 92 valence electrons. The van der Waals surface area contributed by atoms with Crippen LogP contribution in [-0.2, 0) is 9.53 Å². The van der Waals surface area contributed by atoms with Gasteiger partial charge in [0, 0.05) is 6.21 Å². The molecule has 1 unspecified atom stereocenters. The lowest BCUT2D eigenvalue weighted by atomic mass is 10.2. The van der Waals surface area contributed by atoms with Gasteiger partial charge < -0.3 is 4.74 Å². The maximum absolute atomic E-state index is 11.6. The molecule has 0 saturated carbocycles. The van der Waals surface area contributed by atoms with Crippen molar-refractivity contribution in [1.29, 1.82) is 0 Å². The van der Waals surface area contributed by atoms with Crippen LogP contribution in [0.25, 0.3) is 0 Å². The van der Waals surface area contributed by atoms with E-state index in [9.17, 15) is 4.79 Å². The quantitative estimate of drug-likeness (QED) is 0.595. The van der Waals surface area contributed by atoms with Crippen molar-refractivity contribution in [3.8, 4) is 0 Å². The zero-order valence-electron chi connectivity index (χ0n) is 10.8. The molecule has 0 N–H and O–H groups in total. The summed E-state index contributed by atoms with van der Waals surface area (Å²) in [7, 11) is 0. The zero-order valence-corrected chi connectivity index (χ0v) is 10.8. The molecule has 3 nitrogen and oxygen atoms in total. The van der Waals surface area contributed by atoms with E-state index in [0.717, 1.165) is 5.56 Å². The summed E-state index contributed by atoms with van der Waals surface area (Å²) in [6, 6.07) is 9.19. The number of nitrogens with zero attached hydrogens (tertiary/aromatic N) is 1. The first-order valence-corrected chi connectivity index (χ1v) is 5.69. The van der Waals surface area contributed by atoms with Crippen molar-refractivity contribution in [2.24, 2.45) is 4.99 Å². The van der Waals surface area contributed by atoms with Crippen molar-refractivity contribution in [2.75, 3.05) is 0 Å². The fourth-order valence-electron chi connectivity index (χ4n) is 1.18. The molecule has 3 heteroatoms. The smallest absolute Gasteiger partial charge is 0.331 e. The van der Waals surface area contributed by atoms with Crippen molar-refractivity contribution in [3.63, 3.8) is 0 Å². The lowest BCUT2D eigenvalue weighted by molar-refractivity contribution is -0.155. The fourth-order valence-corrected chi connectivity index (χ4v) is 1.18. The number of ether oxygens (including phenoxy) is 1. The number of hydrogen-bond acceptors (Lipinski definition) is 3. The summed E-state index contributed by atoms with van der Waals surface area (Å²) >= 11 is 0. The number of carbonyl (C=O) groups excluding carboxylic acids is 1. The van der Waals surface area contributed by atoms with E-state index in [1.165, 1.54) is 0 Å². The molecule has 0 spiro atoms. The molecule has 0 heterocycles. The molecule has 1 aromatic rings. The lowest BCUT2D eigenvalue weighted by Gasteiger charge is -2.20. The van der Waals surface area contributed by atoms with Gasteiger partial charge in [0.15, 0.2) is 0 Å². The van der Waals surface area contributed by atoms with Crippen molar-refractivity contribution < 1.29 is 9.53 Å². The lowest BCUT2D eigenvalue weighted by Crippen LogP contribution is -2.29. The van der Waals surface area contributed by atoms with E-state index in [0.29, 0.717) is 0 Å². The van der Waals surface area contributed by atoms with Crippen LogP contribution in [0.5, 0.6) is 0 Å². The maximum atomic E-state index is 11.6. The monoisotopic (exact) mass is 233 g/mol. The molecule has 1 rings (SSSR count). The Bertz CT molecular complexity index is 390. The van der Waals surface area contributed by atoms with E-state index in [4.69, 9.17) is 4.74 Å². The Morgan fingerprint density at radius 2 is 1.88 bits per heavy atom. The van der Waals surface area contributed by atoms with Gasteiger partial charge in [0.25, 0.3) is 0 Å². The molecule has 1 aromatic carbocycles. The Morgan fingerprint density at radius 1 is 1.29 bits per heavy atom. The summed E-state index contributed by atoms with van der Waals surface area (Å²) in [5, 5.41) is 0. The Morgan fingerprint density at radius 3 is 2.41 bits per heavy atom. The van der Waals surface area contributed by atoms with Crippen LogP contribution >= 0.6 is 0 Å². The number of rotatable bonds is 3. The molecule has 0 saturated heterocycles. The molecular weight excluding hydrogens is 214 g/mol. The van der Waals surface area contributed by atoms with Crippen LogP contribution in [0, 0.1) is 0 Å². The Kier molecular flexibility index (Phi) is 4.44. The molecule has 0 fully saturated rings. The summed E-state index contributed by atoms with van der Waals surface area (Å²) < 4.78 is 5.24. The van der Waals surface area contributed by atoms with Crippen molar-refractivity contribution in [1.82, 2.24) is 0 Å². The average Bonchev–Trinajstić information content (AvgIpc) is 2.25. The van der Waals surface area contributed by atoms with Crippen LogP contribution in [0.1, 0.15) is 33.3 Å². The van der Waals surface area contributed by atoms with Gasteiger partial charge in [-0.3, -0.25) is 4.99 Å². The molecule has 0 amide bonds. The first-order chi connectivity index (χ1) is 7.88. The van der Waals surface area contributed by atoms with Gasteiger partial charge in [-0.1, -0.05) is 30.3 Å². The van der Waals surface area contributed by atoms with E-state index in [2.05, 4.69) is 4.99 Å². The average molecular weight is 233 g/mol. The first kappa shape index (κ1) is 13.4. The second-order valence-corrected chi connectivity index (χ2v) is 4.90. The predicted molar refractivity (Wildman–Crippen MR) is 69.3 cm³/mol. The number of aliphatic imine (C=N–C) groups is 1. The predicted octanol–water partition coefficient (Wildman–Crippen LogP) is 2.84. The van der Waals surface area contributed by atoms with Gasteiger partial charge in [-0.05, 0) is 33.3 Å². The Hall–Kier alpha value is -1.64. The molecule has 0 aromatic heterocycles. The molecule has 0 aliphatic carbocycles. The summed E-state index contributed by atoms with van der Waals surface area (Å²) in [6.07, 6.45) is 1.69. The third-order valence-corrected chi connectivity index (χ3v) is 1.99. The highest BCUT2D eigenvalue weighted by molar-refractivity contribution is 5.83. The third-order valence-electron chi connectivity index (χ3n) is 1.99. The Balaban J connectivity index is 2.58. The maximum Gasteiger partial charge on any atom is 0.331 e. The minimum absolute atomic E-state index is 0.301. The van der Waals surface area contributed by atoms with Crippen molar-refractivity contribution >= 4 is 12.2 Å². The number of benzene rings is 1. The SMILES string of the molecule is CC(/N=C/c1ccccc1)C(=O)OC(C)(C)C. The molecular formula is C14H19NO2. The van der Waals surface area contributed by atoms with Gasteiger partial charge in [0.05, 0.1) is 0 Å². The number of esters is 1. The standard InChI is InChI=1S/C14H19NO2/c1-11(13(16)17-14(2,3)4)15-10-12-8-6-5-7-9-12/h5-11H,1-4H3/b15-10+. The fraction of sp³-hybridized carbons (Fsp3) is 0.429. The third kappa shape index (κ3) is 5.29. The van der Waals surface area contributed by atoms with Crippen molar-refractivity contribution in [2.45, 2.75) is 39.3 Å². The van der Waals surface area contributed by atoms with Crippen LogP contribution in [-0.4, -0.2) is 23.8 Å². The van der Waals surface area contributed by atoms with Crippen LogP contribution in [0.3, 0.4) is 0 Å². The normalized spacial score (nSPS) is 13.6. The van der Waals surface area contributed by atoms with E-state index in [-0.39, 0.29) is 5.97 Å². The molecule has 0 aliphatic rings. The van der Waals surface area contributed by atoms with Gasteiger partial charge in [-0.15, -0.1) is 0 Å². The summed E-state index contributed by atoms with van der Waals surface area (Å²) in [6.45, 7) is 7.27. The van der Waals surface area contributed by atoms with Crippen LogP contribution in [0.2, 0.25) is 0 Å². The van der Waals surface area contributed by atoms with Gasteiger partial charge in [0.1, 0.15) is 11.6 Å². The van der Waals surface area contributed by atoms with E-state index in [1.54, 1.807) is 13.1 Å². The zero-order chi connectivity index (χ0) is 12.9. The van der Waals surface area contributed by atoms with Crippen molar-refractivity contribution in [3.05, 3.63) is 35.9 Å². The van der Waals surface area contributed by atoms with Gasteiger partial charge >= 0.3 is 5.97 Å². The second kappa shape index (κ2) is 5.62. The number of carbonyl (C=O) groups is 1. The summed E-state index contributed by atoms with van der Waals surface area (Å²) in [5.74, 6) is -0.301. The van der Waals surface area contributed by atoms with Crippen LogP contribution in [0.15, 0.2) is 35.3 Å². The summed E-state index contributed by atoms with van der Waals surface area (Å²) in [5.41, 5.74) is 0.510. The molecule has 1 atom stereocenters. The second-order valence-electron chi connectivity index (χ2n) is 4.90. The molecule has 0 aliphatic heterocycles. The van der Waals surface area contributed by atoms with Gasteiger partial charge in [0.2, 0.25) is 0 Å². The van der Waals surface area contributed by atoms with E-state index in [1.807, 2.05) is 51.1 Å².